The third-order valence-corrected chi connectivity index (χ3v) is 6.12. The first-order valence-corrected chi connectivity index (χ1v) is 11.4. The van der Waals surface area contributed by atoms with E-state index in [-0.39, 0.29) is 23.7 Å². The fraction of sp³-hybridized carbons (Fsp3) is 0.333. The molecule has 4 rings (SSSR count). The molecule has 0 bridgehead atoms. The van der Waals surface area contributed by atoms with Gasteiger partial charge in [-0.3, -0.25) is 14.7 Å². The number of halogens is 1. The molecule has 2 atom stereocenters. The Labute approximate surface area is 189 Å². The molecule has 1 amide bonds. The summed E-state index contributed by atoms with van der Waals surface area (Å²) in [6, 6.07) is 22.6. The highest BCUT2D eigenvalue weighted by atomic mass is 19.1. The quantitative estimate of drug-likeness (QED) is 0.550. The van der Waals surface area contributed by atoms with Gasteiger partial charge >= 0.3 is 0 Å². The standard InChI is InChI=1S/C27H30FN3O/c28-24-12-6-10-22(18-24)19-31-17-7-11-23(20-31)27(25-13-4-5-16-29-25)30-26(32)15-14-21-8-2-1-3-9-21/h1-6,8-10,12-13,16,18,23,27H,7,11,14-15,17,19-20H2,(H,30,32)/t23-,27+/m0/s1. The van der Waals surface area contributed by atoms with E-state index in [0.29, 0.717) is 13.0 Å². The number of aromatic nitrogens is 1. The van der Waals surface area contributed by atoms with Gasteiger partial charge in [0.1, 0.15) is 5.82 Å². The van der Waals surface area contributed by atoms with Crippen molar-refractivity contribution in [1.82, 2.24) is 15.2 Å². The van der Waals surface area contributed by atoms with E-state index >= 15 is 0 Å². The Morgan fingerprint density at radius 3 is 2.66 bits per heavy atom. The molecule has 5 heteroatoms. The van der Waals surface area contributed by atoms with Crippen molar-refractivity contribution in [2.24, 2.45) is 5.92 Å². The van der Waals surface area contributed by atoms with E-state index < -0.39 is 0 Å². The monoisotopic (exact) mass is 431 g/mol. The minimum atomic E-state index is -0.201. The zero-order valence-corrected chi connectivity index (χ0v) is 18.3. The van der Waals surface area contributed by atoms with Gasteiger partial charge in [0, 0.05) is 25.7 Å². The van der Waals surface area contributed by atoms with Crippen molar-refractivity contribution in [3.63, 3.8) is 0 Å². The number of amides is 1. The molecular weight excluding hydrogens is 401 g/mol. The molecule has 1 aromatic heterocycles. The minimum Gasteiger partial charge on any atom is -0.347 e. The van der Waals surface area contributed by atoms with Gasteiger partial charge in [-0.15, -0.1) is 0 Å². The third-order valence-electron chi connectivity index (χ3n) is 6.12. The molecule has 3 aromatic rings. The van der Waals surface area contributed by atoms with E-state index in [1.165, 1.54) is 6.07 Å². The van der Waals surface area contributed by atoms with Crippen LogP contribution in [0, 0.1) is 11.7 Å². The smallest absolute Gasteiger partial charge is 0.220 e. The summed E-state index contributed by atoms with van der Waals surface area (Å²) in [5.41, 5.74) is 3.04. The van der Waals surface area contributed by atoms with Gasteiger partial charge in [-0.2, -0.15) is 0 Å². The topological polar surface area (TPSA) is 45.2 Å². The number of carbonyl (C=O) groups excluding carboxylic acids is 1. The Balaban J connectivity index is 1.43. The summed E-state index contributed by atoms with van der Waals surface area (Å²) in [4.78, 5) is 19.8. The Kier molecular flexibility index (Phi) is 7.62. The molecule has 32 heavy (non-hydrogen) atoms. The predicted octanol–water partition coefficient (Wildman–Crippen LogP) is 4.92. The highest BCUT2D eigenvalue weighted by Gasteiger charge is 2.30. The van der Waals surface area contributed by atoms with Gasteiger partial charge in [-0.25, -0.2) is 4.39 Å². The van der Waals surface area contributed by atoms with Crippen LogP contribution in [0.3, 0.4) is 0 Å². The maximum atomic E-state index is 13.6. The molecule has 1 N–H and O–H groups in total. The first-order chi connectivity index (χ1) is 15.7. The van der Waals surface area contributed by atoms with Crippen molar-refractivity contribution in [3.8, 4) is 0 Å². The van der Waals surface area contributed by atoms with Crippen LogP contribution >= 0.6 is 0 Å². The Morgan fingerprint density at radius 2 is 1.88 bits per heavy atom. The second kappa shape index (κ2) is 11.0. The molecule has 0 radical (unpaired) electrons. The lowest BCUT2D eigenvalue weighted by molar-refractivity contribution is -0.122. The van der Waals surface area contributed by atoms with Crippen LogP contribution in [0.4, 0.5) is 4.39 Å². The maximum absolute atomic E-state index is 13.6. The molecule has 0 aliphatic carbocycles. The maximum Gasteiger partial charge on any atom is 0.220 e. The largest absolute Gasteiger partial charge is 0.347 e. The molecule has 2 heterocycles. The van der Waals surface area contributed by atoms with Gasteiger partial charge < -0.3 is 5.32 Å². The molecule has 4 nitrogen and oxygen atoms in total. The molecule has 166 valence electrons. The first-order valence-electron chi connectivity index (χ1n) is 11.4. The zero-order valence-electron chi connectivity index (χ0n) is 18.3. The summed E-state index contributed by atoms with van der Waals surface area (Å²) in [7, 11) is 0. The predicted molar refractivity (Wildman–Crippen MR) is 124 cm³/mol. The fourth-order valence-corrected chi connectivity index (χ4v) is 4.54. The molecule has 1 fully saturated rings. The highest BCUT2D eigenvalue weighted by molar-refractivity contribution is 5.76. The van der Waals surface area contributed by atoms with Crippen molar-refractivity contribution in [2.75, 3.05) is 13.1 Å². The van der Waals surface area contributed by atoms with Gasteiger partial charge in [-0.05, 0) is 67.1 Å². The molecule has 0 unspecified atom stereocenters. The lowest BCUT2D eigenvalue weighted by atomic mass is 9.88. The minimum absolute atomic E-state index is 0.0479. The number of carbonyl (C=O) groups is 1. The first kappa shape index (κ1) is 22.2. The van der Waals surface area contributed by atoms with E-state index in [1.54, 1.807) is 18.3 Å². The normalized spacial score (nSPS) is 17.6. The molecule has 0 saturated carbocycles. The van der Waals surface area contributed by atoms with Crippen LogP contribution < -0.4 is 5.32 Å². The van der Waals surface area contributed by atoms with Gasteiger partial charge in [0.15, 0.2) is 0 Å². The summed E-state index contributed by atoms with van der Waals surface area (Å²) < 4.78 is 13.6. The lowest BCUT2D eigenvalue weighted by Gasteiger charge is -2.37. The summed E-state index contributed by atoms with van der Waals surface area (Å²) in [5.74, 6) is 0.104. The van der Waals surface area contributed by atoms with Crippen LogP contribution in [0.15, 0.2) is 79.0 Å². The summed E-state index contributed by atoms with van der Waals surface area (Å²) >= 11 is 0. The summed E-state index contributed by atoms with van der Waals surface area (Å²) in [5, 5.41) is 3.28. The molecule has 0 spiro atoms. The third kappa shape index (κ3) is 6.24. The van der Waals surface area contributed by atoms with Crippen molar-refractivity contribution < 1.29 is 9.18 Å². The van der Waals surface area contributed by atoms with Crippen molar-refractivity contribution in [1.29, 1.82) is 0 Å². The van der Waals surface area contributed by atoms with Crippen LogP contribution in [0.1, 0.15) is 42.1 Å². The van der Waals surface area contributed by atoms with E-state index in [0.717, 1.165) is 49.2 Å². The van der Waals surface area contributed by atoms with Crippen molar-refractivity contribution in [3.05, 3.63) is 102 Å². The Morgan fingerprint density at radius 1 is 1.06 bits per heavy atom. The number of hydrogen-bond donors (Lipinski definition) is 1. The molecule has 1 aliphatic rings. The van der Waals surface area contributed by atoms with Crippen LogP contribution in [-0.4, -0.2) is 28.9 Å². The average Bonchev–Trinajstić information content (AvgIpc) is 2.83. The van der Waals surface area contributed by atoms with Crippen molar-refractivity contribution in [2.45, 2.75) is 38.3 Å². The summed E-state index contributed by atoms with van der Waals surface area (Å²) in [6.45, 7) is 2.53. The van der Waals surface area contributed by atoms with E-state index in [4.69, 9.17) is 0 Å². The van der Waals surface area contributed by atoms with E-state index in [1.807, 2.05) is 42.5 Å². The number of hydrogen-bond acceptors (Lipinski definition) is 3. The van der Waals surface area contributed by atoms with E-state index in [2.05, 4.69) is 27.3 Å². The van der Waals surface area contributed by atoms with Crippen LogP contribution in [0.2, 0.25) is 0 Å². The molecule has 2 aromatic carbocycles. The number of likely N-dealkylation sites (tertiary alicyclic amines) is 1. The SMILES string of the molecule is O=C(CCc1ccccc1)N[C@@H](c1ccccn1)[C@H]1CCCN(Cc2cccc(F)c2)C1. The molecule has 1 saturated heterocycles. The lowest BCUT2D eigenvalue weighted by Crippen LogP contribution is -2.43. The number of rotatable bonds is 8. The van der Waals surface area contributed by atoms with Gasteiger partial charge in [-0.1, -0.05) is 48.5 Å². The van der Waals surface area contributed by atoms with Gasteiger partial charge in [0.25, 0.3) is 0 Å². The number of nitrogens with one attached hydrogen (secondary N) is 1. The number of benzene rings is 2. The number of nitrogens with zero attached hydrogens (tertiary/aromatic N) is 2. The number of aryl methyl sites for hydroxylation is 1. The number of pyridine rings is 1. The zero-order chi connectivity index (χ0) is 22.2. The van der Waals surface area contributed by atoms with E-state index in [9.17, 15) is 9.18 Å². The number of piperidine rings is 1. The van der Waals surface area contributed by atoms with Gasteiger partial charge in [0.2, 0.25) is 5.91 Å². The van der Waals surface area contributed by atoms with Gasteiger partial charge in [0.05, 0.1) is 11.7 Å². The van der Waals surface area contributed by atoms with Crippen LogP contribution in [-0.2, 0) is 17.8 Å². The Hall–Kier alpha value is -3.05. The van der Waals surface area contributed by atoms with Crippen molar-refractivity contribution >= 4 is 5.91 Å². The second-order valence-corrected chi connectivity index (χ2v) is 8.55. The highest BCUT2D eigenvalue weighted by Crippen LogP contribution is 2.30. The second-order valence-electron chi connectivity index (χ2n) is 8.55. The fourth-order valence-electron chi connectivity index (χ4n) is 4.54. The summed E-state index contributed by atoms with van der Waals surface area (Å²) in [6.07, 6.45) is 5.03. The molecule has 1 aliphatic heterocycles. The molecular formula is C27H30FN3O. The average molecular weight is 432 g/mol. The van der Waals surface area contributed by atoms with Crippen LogP contribution in [0.5, 0.6) is 0 Å². The Bertz CT molecular complexity index is 996. The van der Waals surface area contributed by atoms with Crippen LogP contribution in [0.25, 0.3) is 0 Å².